The first-order valence-electron chi connectivity index (χ1n) is 6.84. The molecule has 2 aromatic rings. The topological polar surface area (TPSA) is 66.4 Å². The Balaban J connectivity index is 1.97. The minimum absolute atomic E-state index is 0.127. The largest absolute Gasteiger partial charge is 0.375 e. The summed E-state index contributed by atoms with van der Waals surface area (Å²) < 4.78 is 13.2. The third-order valence-electron chi connectivity index (χ3n) is 3.90. The van der Waals surface area contributed by atoms with E-state index < -0.39 is 29.5 Å². The number of carbonyl (C=O) groups excluding carboxylic acids is 2. The maximum atomic E-state index is 13.2. The van der Waals surface area contributed by atoms with Crippen LogP contribution in [0.2, 0.25) is 0 Å². The number of aliphatic hydroxyl groups is 1. The van der Waals surface area contributed by atoms with Gasteiger partial charge in [-0.25, -0.2) is 4.39 Å². The number of anilines is 1. The maximum Gasteiger partial charge on any atom is 0.261 e. The van der Waals surface area contributed by atoms with Crippen LogP contribution in [-0.4, -0.2) is 16.8 Å². The summed E-state index contributed by atoms with van der Waals surface area (Å²) in [4.78, 5) is 24.4. The summed E-state index contributed by atoms with van der Waals surface area (Å²) in [5, 5.41) is 13.3. The van der Waals surface area contributed by atoms with Gasteiger partial charge in [0.15, 0.2) is 11.4 Å². The van der Waals surface area contributed by atoms with Gasteiger partial charge in [0.2, 0.25) is 0 Å². The molecule has 0 fully saturated rings. The van der Waals surface area contributed by atoms with Crippen molar-refractivity contribution in [3.8, 4) is 0 Å². The molecule has 112 valence electrons. The number of fused-ring (bicyclic) bond motifs is 1. The van der Waals surface area contributed by atoms with Crippen molar-refractivity contribution in [1.82, 2.24) is 0 Å². The van der Waals surface area contributed by atoms with Crippen LogP contribution in [0.25, 0.3) is 0 Å². The number of hydrogen-bond acceptors (Lipinski definition) is 3. The molecule has 0 saturated carbocycles. The first-order valence-corrected chi connectivity index (χ1v) is 6.84. The number of hydrogen-bond donors (Lipinski definition) is 2. The first-order chi connectivity index (χ1) is 10.4. The van der Waals surface area contributed by atoms with E-state index in [1.165, 1.54) is 18.2 Å². The molecule has 2 N–H and O–H groups in total. The van der Waals surface area contributed by atoms with E-state index in [0.717, 1.165) is 11.6 Å². The number of nitrogens with one attached hydrogen (secondary N) is 1. The second-order valence-corrected chi connectivity index (χ2v) is 5.42. The van der Waals surface area contributed by atoms with Crippen molar-refractivity contribution in [2.45, 2.75) is 18.9 Å². The van der Waals surface area contributed by atoms with Gasteiger partial charge in [-0.2, -0.15) is 0 Å². The zero-order valence-electron chi connectivity index (χ0n) is 11.9. The number of halogens is 1. The van der Waals surface area contributed by atoms with Crippen LogP contribution >= 0.6 is 0 Å². The molecule has 3 rings (SSSR count). The molecule has 1 aliphatic heterocycles. The average Bonchev–Trinajstić information content (AvgIpc) is 2.73. The number of carbonyl (C=O) groups is 2. The van der Waals surface area contributed by atoms with Gasteiger partial charge in [0.25, 0.3) is 5.91 Å². The molecule has 0 unspecified atom stereocenters. The van der Waals surface area contributed by atoms with E-state index in [9.17, 15) is 19.1 Å². The molecule has 1 amide bonds. The smallest absolute Gasteiger partial charge is 0.261 e. The summed E-state index contributed by atoms with van der Waals surface area (Å²) in [5.41, 5.74) is -0.0864. The highest BCUT2D eigenvalue weighted by atomic mass is 19.1. The Hall–Kier alpha value is -2.53. The van der Waals surface area contributed by atoms with Gasteiger partial charge in [-0.1, -0.05) is 30.3 Å². The van der Waals surface area contributed by atoms with Crippen molar-refractivity contribution in [2.75, 3.05) is 5.32 Å². The fourth-order valence-electron chi connectivity index (χ4n) is 2.69. The Bertz CT molecular complexity index is 787. The van der Waals surface area contributed by atoms with E-state index >= 15 is 0 Å². The fraction of sp³-hybridized carbons (Fsp3) is 0.176. The van der Waals surface area contributed by atoms with E-state index in [-0.39, 0.29) is 5.56 Å². The highest BCUT2D eigenvalue weighted by Gasteiger charge is 2.47. The molecule has 0 bridgehead atoms. The number of amides is 1. The highest BCUT2D eigenvalue weighted by Crippen LogP contribution is 2.40. The van der Waals surface area contributed by atoms with Crippen molar-refractivity contribution in [1.29, 1.82) is 0 Å². The average molecular weight is 299 g/mol. The number of aryl methyl sites for hydroxylation is 1. The lowest BCUT2D eigenvalue weighted by Gasteiger charge is -2.20. The van der Waals surface area contributed by atoms with Crippen LogP contribution in [-0.2, 0) is 10.4 Å². The molecule has 4 nitrogen and oxygen atoms in total. The van der Waals surface area contributed by atoms with Gasteiger partial charge in [0, 0.05) is 11.1 Å². The molecule has 0 aromatic heterocycles. The molecule has 1 aliphatic rings. The van der Waals surface area contributed by atoms with E-state index in [4.69, 9.17) is 0 Å². The maximum absolute atomic E-state index is 13.2. The Kier molecular flexibility index (Phi) is 3.30. The SMILES string of the molecule is Cc1cccc2c1NC(=O)[C@]2(O)CC(=O)c1cccc(F)c1. The third kappa shape index (κ3) is 2.19. The van der Waals surface area contributed by atoms with Gasteiger partial charge in [-0.15, -0.1) is 0 Å². The summed E-state index contributed by atoms with van der Waals surface area (Å²) in [6, 6.07) is 10.3. The minimum atomic E-state index is -1.93. The van der Waals surface area contributed by atoms with Crippen molar-refractivity contribution in [3.63, 3.8) is 0 Å². The molecule has 2 aromatic carbocycles. The number of benzene rings is 2. The van der Waals surface area contributed by atoms with Gasteiger partial charge < -0.3 is 10.4 Å². The van der Waals surface area contributed by atoms with E-state index in [1.807, 2.05) is 0 Å². The van der Waals surface area contributed by atoms with Crippen molar-refractivity contribution in [2.24, 2.45) is 0 Å². The normalized spacial score (nSPS) is 19.7. The third-order valence-corrected chi connectivity index (χ3v) is 3.90. The van der Waals surface area contributed by atoms with Crippen LogP contribution in [0.3, 0.4) is 0 Å². The number of para-hydroxylation sites is 1. The van der Waals surface area contributed by atoms with Crippen LogP contribution in [0.1, 0.15) is 27.9 Å². The Labute approximate surface area is 126 Å². The zero-order chi connectivity index (χ0) is 15.9. The quantitative estimate of drug-likeness (QED) is 0.856. The highest BCUT2D eigenvalue weighted by molar-refractivity contribution is 6.09. The van der Waals surface area contributed by atoms with Gasteiger partial charge in [-0.3, -0.25) is 9.59 Å². The molecule has 22 heavy (non-hydrogen) atoms. The molecular weight excluding hydrogens is 285 g/mol. The standard InChI is InChI=1S/C17H14FNO3/c1-10-4-2-7-13-15(10)19-16(21)17(13,22)9-14(20)11-5-3-6-12(18)8-11/h2-8,22H,9H2,1H3,(H,19,21)/t17-/m0/s1. The van der Waals surface area contributed by atoms with E-state index in [2.05, 4.69) is 5.32 Å². The lowest BCUT2D eigenvalue weighted by molar-refractivity contribution is -0.133. The lowest BCUT2D eigenvalue weighted by Crippen LogP contribution is -2.36. The summed E-state index contributed by atoms with van der Waals surface area (Å²) in [5.74, 6) is -1.67. The number of rotatable bonds is 3. The molecule has 1 heterocycles. The Morgan fingerprint density at radius 2 is 2.00 bits per heavy atom. The van der Waals surface area contributed by atoms with Gasteiger partial charge in [-0.05, 0) is 24.6 Å². The summed E-state index contributed by atoms with van der Waals surface area (Å²) in [6.07, 6.45) is -0.432. The Morgan fingerprint density at radius 1 is 1.27 bits per heavy atom. The van der Waals surface area contributed by atoms with Crippen LogP contribution in [0.4, 0.5) is 10.1 Å². The van der Waals surface area contributed by atoms with Gasteiger partial charge in [0.1, 0.15) is 5.82 Å². The lowest BCUT2D eigenvalue weighted by atomic mass is 9.87. The van der Waals surface area contributed by atoms with Crippen molar-refractivity contribution < 1.29 is 19.1 Å². The van der Waals surface area contributed by atoms with Crippen LogP contribution in [0, 0.1) is 12.7 Å². The Morgan fingerprint density at radius 3 is 2.73 bits per heavy atom. The van der Waals surface area contributed by atoms with E-state index in [0.29, 0.717) is 11.3 Å². The second kappa shape index (κ2) is 5.03. The first kappa shape index (κ1) is 14.4. The summed E-state index contributed by atoms with van der Waals surface area (Å²) >= 11 is 0. The molecule has 1 atom stereocenters. The van der Waals surface area contributed by atoms with Crippen molar-refractivity contribution >= 4 is 17.4 Å². The second-order valence-electron chi connectivity index (χ2n) is 5.42. The molecular formula is C17H14FNO3. The number of ketones is 1. The molecule has 0 spiro atoms. The molecule has 0 aliphatic carbocycles. The van der Waals surface area contributed by atoms with E-state index in [1.54, 1.807) is 25.1 Å². The predicted octanol–water partition coefficient (Wildman–Crippen LogP) is 2.55. The van der Waals surface area contributed by atoms with Gasteiger partial charge >= 0.3 is 0 Å². The fourth-order valence-corrected chi connectivity index (χ4v) is 2.69. The monoisotopic (exact) mass is 299 g/mol. The minimum Gasteiger partial charge on any atom is -0.375 e. The van der Waals surface area contributed by atoms with Gasteiger partial charge in [0.05, 0.1) is 12.1 Å². The summed E-state index contributed by atoms with van der Waals surface area (Å²) in [7, 11) is 0. The molecule has 0 saturated heterocycles. The van der Waals surface area contributed by atoms with Crippen molar-refractivity contribution in [3.05, 3.63) is 65.0 Å². The number of Topliss-reactive ketones (excluding diaryl/α,β-unsaturated/α-hetero) is 1. The summed E-state index contributed by atoms with van der Waals surface area (Å²) in [6.45, 7) is 1.80. The molecule has 0 radical (unpaired) electrons. The zero-order valence-corrected chi connectivity index (χ0v) is 11.9. The van der Waals surface area contributed by atoms with Crippen LogP contribution < -0.4 is 5.32 Å². The predicted molar refractivity (Wildman–Crippen MR) is 79.1 cm³/mol. The van der Waals surface area contributed by atoms with Crippen LogP contribution in [0.15, 0.2) is 42.5 Å². The molecule has 5 heteroatoms. The van der Waals surface area contributed by atoms with Crippen LogP contribution in [0.5, 0.6) is 0 Å².